The molecule has 0 bridgehead atoms. The summed E-state index contributed by atoms with van der Waals surface area (Å²) in [5, 5.41) is 2.88. The van der Waals surface area contributed by atoms with Crippen LogP contribution in [0.15, 0.2) is 18.2 Å². The first-order valence-electron chi connectivity index (χ1n) is 5.22. The van der Waals surface area contributed by atoms with Crippen LogP contribution in [0.3, 0.4) is 0 Å². The fourth-order valence-electron chi connectivity index (χ4n) is 1.23. The average Bonchev–Trinajstić information content (AvgIpc) is 2.23. The standard InChI is InChI=1S/C12H18N2O/c1-4-8(2)12(15)14-11-7-5-6-10(13)9(11)3/h5-8H,4,13H2,1-3H3,(H,14,15)/t8-/m1/s1. The smallest absolute Gasteiger partial charge is 0.227 e. The van der Waals surface area contributed by atoms with Crippen LogP contribution in [-0.2, 0) is 4.79 Å². The van der Waals surface area contributed by atoms with E-state index in [0.29, 0.717) is 5.69 Å². The molecule has 0 saturated heterocycles. The molecular weight excluding hydrogens is 188 g/mol. The van der Waals surface area contributed by atoms with Crippen molar-refractivity contribution < 1.29 is 4.79 Å². The Morgan fingerprint density at radius 1 is 1.53 bits per heavy atom. The number of hydrogen-bond acceptors (Lipinski definition) is 2. The van der Waals surface area contributed by atoms with Crippen LogP contribution >= 0.6 is 0 Å². The van der Waals surface area contributed by atoms with Crippen molar-refractivity contribution in [3.05, 3.63) is 23.8 Å². The first-order valence-corrected chi connectivity index (χ1v) is 5.22. The molecule has 3 N–H and O–H groups in total. The Labute approximate surface area is 90.7 Å². The monoisotopic (exact) mass is 206 g/mol. The van der Waals surface area contributed by atoms with Crippen LogP contribution in [0.25, 0.3) is 0 Å². The van der Waals surface area contributed by atoms with E-state index in [-0.39, 0.29) is 11.8 Å². The van der Waals surface area contributed by atoms with Crippen molar-refractivity contribution in [3.63, 3.8) is 0 Å². The van der Waals surface area contributed by atoms with E-state index >= 15 is 0 Å². The topological polar surface area (TPSA) is 55.1 Å². The third-order valence-corrected chi connectivity index (χ3v) is 2.69. The van der Waals surface area contributed by atoms with Crippen molar-refractivity contribution in [2.75, 3.05) is 11.1 Å². The van der Waals surface area contributed by atoms with Crippen molar-refractivity contribution in [2.24, 2.45) is 5.92 Å². The molecule has 1 atom stereocenters. The van der Waals surface area contributed by atoms with E-state index in [1.54, 1.807) is 0 Å². The van der Waals surface area contributed by atoms with Crippen LogP contribution < -0.4 is 11.1 Å². The Hall–Kier alpha value is -1.51. The first kappa shape index (κ1) is 11.6. The first-order chi connectivity index (χ1) is 7.06. The summed E-state index contributed by atoms with van der Waals surface area (Å²) < 4.78 is 0. The maximum absolute atomic E-state index is 11.7. The fraction of sp³-hybridized carbons (Fsp3) is 0.417. The van der Waals surface area contributed by atoms with Crippen LogP contribution in [0, 0.1) is 12.8 Å². The quantitative estimate of drug-likeness (QED) is 0.747. The number of nitrogens with one attached hydrogen (secondary N) is 1. The highest BCUT2D eigenvalue weighted by atomic mass is 16.1. The summed E-state index contributed by atoms with van der Waals surface area (Å²) in [5.41, 5.74) is 8.19. The molecule has 0 aromatic heterocycles. The Morgan fingerprint density at radius 3 is 2.80 bits per heavy atom. The third-order valence-electron chi connectivity index (χ3n) is 2.69. The summed E-state index contributed by atoms with van der Waals surface area (Å²) in [4.78, 5) is 11.7. The van der Waals surface area contributed by atoms with Gasteiger partial charge in [-0.1, -0.05) is 19.9 Å². The zero-order valence-corrected chi connectivity index (χ0v) is 9.50. The molecule has 1 amide bonds. The van der Waals surface area contributed by atoms with E-state index < -0.39 is 0 Å². The van der Waals surface area contributed by atoms with Crippen molar-refractivity contribution >= 4 is 17.3 Å². The van der Waals surface area contributed by atoms with Gasteiger partial charge in [-0.2, -0.15) is 0 Å². The second-order valence-electron chi connectivity index (χ2n) is 3.82. The summed E-state index contributed by atoms with van der Waals surface area (Å²) in [7, 11) is 0. The number of nitrogens with two attached hydrogens (primary N) is 1. The second-order valence-corrected chi connectivity index (χ2v) is 3.82. The van der Waals surface area contributed by atoms with Crippen LogP contribution in [0.2, 0.25) is 0 Å². The number of carbonyl (C=O) groups excluding carboxylic acids is 1. The molecule has 82 valence electrons. The van der Waals surface area contributed by atoms with Gasteiger partial charge in [0.2, 0.25) is 5.91 Å². The molecule has 0 aliphatic carbocycles. The van der Waals surface area contributed by atoms with E-state index in [1.165, 1.54) is 0 Å². The molecule has 1 rings (SSSR count). The van der Waals surface area contributed by atoms with E-state index in [9.17, 15) is 4.79 Å². The lowest BCUT2D eigenvalue weighted by molar-refractivity contribution is -0.119. The summed E-state index contributed by atoms with van der Waals surface area (Å²) in [6.07, 6.45) is 0.840. The predicted molar refractivity (Wildman–Crippen MR) is 63.7 cm³/mol. The van der Waals surface area contributed by atoms with Gasteiger partial charge in [0, 0.05) is 17.3 Å². The largest absolute Gasteiger partial charge is 0.398 e. The van der Waals surface area contributed by atoms with Gasteiger partial charge in [0.25, 0.3) is 0 Å². The normalized spacial score (nSPS) is 12.2. The molecule has 0 aliphatic heterocycles. The van der Waals surface area contributed by atoms with E-state index in [4.69, 9.17) is 5.73 Å². The maximum Gasteiger partial charge on any atom is 0.227 e. The molecular formula is C12H18N2O. The molecule has 3 heteroatoms. The summed E-state index contributed by atoms with van der Waals surface area (Å²) >= 11 is 0. The summed E-state index contributed by atoms with van der Waals surface area (Å²) in [5.74, 6) is 0.0806. The van der Waals surface area contributed by atoms with Gasteiger partial charge in [0.1, 0.15) is 0 Å². The van der Waals surface area contributed by atoms with Gasteiger partial charge in [-0.3, -0.25) is 4.79 Å². The lowest BCUT2D eigenvalue weighted by atomic mass is 10.1. The minimum atomic E-state index is 0.0332. The van der Waals surface area contributed by atoms with Crippen molar-refractivity contribution in [1.29, 1.82) is 0 Å². The molecule has 3 nitrogen and oxygen atoms in total. The minimum absolute atomic E-state index is 0.0332. The Kier molecular flexibility index (Phi) is 3.72. The molecule has 0 heterocycles. The van der Waals surface area contributed by atoms with Crippen LogP contribution in [0.4, 0.5) is 11.4 Å². The highest BCUT2D eigenvalue weighted by Gasteiger charge is 2.11. The van der Waals surface area contributed by atoms with Gasteiger partial charge in [0.15, 0.2) is 0 Å². The van der Waals surface area contributed by atoms with Gasteiger partial charge in [0.05, 0.1) is 0 Å². The number of rotatable bonds is 3. The molecule has 0 fully saturated rings. The number of hydrogen-bond donors (Lipinski definition) is 2. The molecule has 0 unspecified atom stereocenters. The number of anilines is 2. The summed E-state index contributed by atoms with van der Waals surface area (Å²) in [6.45, 7) is 5.81. The van der Waals surface area contributed by atoms with E-state index in [1.807, 2.05) is 39.0 Å². The zero-order chi connectivity index (χ0) is 11.4. The molecule has 0 aliphatic rings. The number of amides is 1. The second kappa shape index (κ2) is 4.82. The van der Waals surface area contributed by atoms with Gasteiger partial charge in [-0.05, 0) is 31.0 Å². The maximum atomic E-state index is 11.7. The number of nitrogen functional groups attached to an aromatic ring is 1. The minimum Gasteiger partial charge on any atom is -0.398 e. The van der Waals surface area contributed by atoms with Crippen LogP contribution in [0.5, 0.6) is 0 Å². The Balaban J connectivity index is 2.81. The van der Waals surface area contributed by atoms with Gasteiger partial charge < -0.3 is 11.1 Å². The third kappa shape index (κ3) is 2.72. The molecule has 0 saturated carbocycles. The highest BCUT2D eigenvalue weighted by Crippen LogP contribution is 2.21. The van der Waals surface area contributed by atoms with E-state index in [2.05, 4.69) is 5.32 Å². The molecule has 0 radical (unpaired) electrons. The lowest BCUT2D eigenvalue weighted by Crippen LogP contribution is -2.20. The average molecular weight is 206 g/mol. The van der Waals surface area contributed by atoms with E-state index in [0.717, 1.165) is 17.7 Å². The van der Waals surface area contributed by atoms with Crippen molar-refractivity contribution in [2.45, 2.75) is 27.2 Å². The predicted octanol–water partition coefficient (Wildman–Crippen LogP) is 2.56. The van der Waals surface area contributed by atoms with Gasteiger partial charge >= 0.3 is 0 Å². The Morgan fingerprint density at radius 2 is 2.20 bits per heavy atom. The Bertz CT molecular complexity index is 361. The van der Waals surface area contributed by atoms with Crippen molar-refractivity contribution in [3.8, 4) is 0 Å². The van der Waals surface area contributed by atoms with Crippen LogP contribution in [0.1, 0.15) is 25.8 Å². The van der Waals surface area contributed by atoms with Gasteiger partial charge in [-0.15, -0.1) is 0 Å². The summed E-state index contributed by atoms with van der Waals surface area (Å²) in [6, 6.07) is 5.54. The van der Waals surface area contributed by atoms with Gasteiger partial charge in [-0.25, -0.2) is 0 Å². The highest BCUT2D eigenvalue weighted by molar-refractivity contribution is 5.93. The molecule has 0 spiro atoms. The lowest BCUT2D eigenvalue weighted by Gasteiger charge is -2.13. The molecule has 15 heavy (non-hydrogen) atoms. The van der Waals surface area contributed by atoms with Crippen molar-refractivity contribution in [1.82, 2.24) is 0 Å². The van der Waals surface area contributed by atoms with Crippen LogP contribution in [-0.4, -0.2) is 5.91 Å². The zero-order valence-electron chi connectivity index (χ0n) is 9.50. The molecule has 1 aromatic carbocycles. The number of carbonyl (C=O) groups is 1. The SMILES string of the molecule is CC[C@@H](C)C(=O)Nc1cccc(N)c1C. The molecule has 1 aromatic rings. The fourth-order valence-corrected chi connectivity index (χ4v) is 1.23. The number of benzene rings is 1.